The van der Waals surface area contributed by atoms with E-state index >= 15 is 0 Å². The minimum atomic E-state index is -0.322. The zero-order valence-corrected chi connectivity index (χ0v) is 11.6. The minimum absolute atomic E-state index is 0.117. The summed E-state index contributed by atoms with van der Waals surface area (Å²) < 4.78 is 10.0. The highest BCUT2D eigenvalue weighted by Gasteiger charge is 2.51. The zero-order valence-electron chi connectivity index (χ0n) is 10.9. The highest BCUT2D eigenvalue weighted by Crippen LogP contribution is 2.50. The summed E-state index contributed by atoms with van der Waals surface area (Å²) in [4.78, 5) is 11.7. The van der Waals surface area contributed by atoms with Gasteiger partial charge in [-0.25, -0.2) is 0 Å². The third kappa shape index (κ3) is 2.32. The number of aryl methyl sites for hydroxylation is 1. The first kappa shape index (κ1) is 13.2. The first-order chi connectivity index (χ1) is 8.52. The average molecular weight is 269 g/mol. The van der Waals surface area contributed by atoms with Gasteiger partial charge in [-0.1, -0.05) is 11.6 Å². The molecule has 0 aliphatic heterocycles. The highest BCUT2D eigenvalue weighted by atomic mass is 35.5. The Morgan fingerprint density at radius 3 is 2.56 bits per heavy atom. The van der Waals surface area contributed by atoms with Gasteiger partial charge in [0.1, 0.15) is 5.75 Å². The molecular formula is C14H17ClO3. The number of rotatable bonds is 4. The van der Waals surface area contributed by atoms with Gasteiger partial charge >= 0.3 is 5.97 Å². The molecule has 1 fully saturated rings. The molecule has 0 bridgehead atoms. The van der Waals surface area contributed by atoms with Crippen LogP contribution in [0.4, 0.5) is 0 Å². The normalized spacial score (nSPS) is 16.2. The molecule has 0 aromatic heterocycles. The van der Waals surface area contributed by atoms with Crippen molar-refractivity contribution in [1.29, 1.82) is 0 Å². The third-order valence-electron chi connectivity index (χ3n) is 3.61. The lowest BCUT2D eigenvalue weighted by Gasteiger charge is -2.15. The number of ether oxygens (including phenoxy) is 2. The van der Waals surface area contributed by atoms with Gasteiger partial charge in [-0.15, -0.1) is 0 Å². The van der Waals surface area contributed by atoms with E-state index in [2.05, 4.69) is 0 Å². The Morgan fingerprint density at radius 2 is 2.06 bits per heavy atom. The maximum absolute atomic E-state index is 11.7. The van der Waals surface area contributed by atoms with E-state index in [0.717, 1.165) is 24.0 Å². The Kier molecular flexibility index (Phi) is 3.53. The maximum Gasteiger partial charge on any atom is 0.312 e. The standard InChI is InChI=1S/C14H17ClO3/c1-9-6-12(17-2)11(15)7-10(9)8-14(4-5-14)13(16)18-3/h6-7H,4-5,8H2,1-3H3. The second-order valence-electron chi connectivity index (χ2n) is 4.86. The van der Waals surface area contributed by atoms with E-state index in [1.54, 1.807) is 7.11 Å². The Balaban J connectivity index is 2.25. The molecule has 0 amide bonds. The Labute approximate surface area is 112 Å². The van der Waals surface area contributed by atoms with E-state index in [4.69, 9.17) is 21.1 Å². The van der Waals surface area contributed by atoms with E-state index in [9.17, 15) is 4.79 Å². The number of carbonyl (C=O) groups excluding carboxylic acids is 1. The van der Waals surface area contributed by atoms with Gasteiger partial charge in [0.2, 0.25) is 0 Å². The first-order valence-electron chi connectivity index (χ1n) is 5.94. The molecule has 0 N–H and O–H groups in total. The second-order valence-corrected chi connectivity index (χ2v) is 5.27. The Hall–Kier alpha value is -1.22. The molecule has 0 saturated heterocycles. The molecule has 18 heavy (non-hydrogen) atoms. The minimum Gasteiger partial charge on any atom is -0.495 e. The zero-order chi connectivity index (χ0) is 13.3. The van der Waals surface area contributed by atoms with Gasteiger partial charge in [0.25, 0.3) is 0 Å². The largest absolute Gasteiger partial charge is 0.495 e. The van der Waals surface area contributed by atoms with Crippen molar-refractivity contribution in [3.8, 4) is 5.75 Å². The lowest BCUT2D eigenvalue weighted by Crippen LogP contribution is -2.20. The molecule has 1 aliphatic rings. The summed E-state index contributed by atoms with van der Waals surface area (Å²) in [5.41, 5.74) is 1.85. The number of benzene rings is 1. The lowest BCUT2D eigenvalue weighted by molar-refractivity contribution is -0.147. The molecule has 0 atom stereocenters. The maximum atomic E-state index is 11.7. The SMILES string of the molecule is COC(=O)C1(Cc2cc(Cl)c(OC)cc2C)CC1. The van der Waals surface area contributed by atoms with Crippen molar-refractivity contribution in [2.45, 2.75) is 26.2 Å². The number of hydrogen-bond donors (Lipinski definition) is 0. The first-order valence-corrected chi connectivity index (χ1v) is 6.31. The van der Waals surface area contributed by atoms with Gasteiger partial charge in [0.05, 0.1) is 24.7 Å². The molecule has 4 heteroatoms. The van der Waals surface area contributed by atoms with Crippen molar-refractivity contribution in [3.05, 3.63) is 28.3 Å². The van der Waals surface area contributed by atoms with Gasteiger partial charge in [-0.2, -0.15) is 0 Å². The number of methoxy groups -OCH3 is 2. The molecule has 98 valence electrons. The van der Waals surface area contributed by atoms with Gasteiger partial charge in [-0.05, 0) is 49.4 Å². The Morgan fingerprint density at radius 1 is 1.39 bits per heavy atom. The van der Waals surface area contributed by atoms with E-state index in [0.29, 0.717) is 17.2 Å². The molecule has 1 aromatic rings. The van der Waals surface area contributed by atoms with Gasteiger partial charge in [0, 0.05) is 0 Å². The van der Waals surface area contributed by atoms with Crippen molar-refractivity contribution in [2.75, 3.05) is 14.2 Å². The quantitative estimate of drug-likeness (QED) is 0.787. The van der Waals surface area contributed by atoms with Crippen LogP contribution in [0.2, 0.25) is 5.02 Å². The molecule has 0 radical (unpaired) electrons. The van der Waals surface area contributed by atoms with E-state index in [1.807, 2.05) is 19.1 Å². The Bertz CT molecular complexity index is 478. The van der Waals surface area contributed by atoms with E-state index < -0.39 is 0 Å². The number of carbonyl (C=O) groups is 1. The summed E-state index contributed by atoms with van der Waals surface area (Å²) >= 11 is 6.12. The van der Waals surface area contributed by atoms with Crippen molar-refractivity contribution < 1.29 is 14.3 Å². The lowest BCUT2D eigenvalue weighted by atomic mass is 9.93. The van der Waals surface area contributed by atoms with Crippen LogP contribution in [0, 0.1) is 12.3 Å². The van der Waals surface area contributed by atoms with E-state index in [-0.39, 0.29) is 11.4 Å². The third-order valence-corrected chi connectivity index (χ3v) is 3.91. The van der Waals surface area contributed by atoms with Crippen LogP contribution in [0.5, 0.6) is 5.75 Å². The van der Waals surface area contributed by atoms with Crippen molar-refractivity contribution >= 4 is 17.6 Å². The summed E-state index contributed by atoms with van der Waals surface area (Å²) in [6.45, 7) is 2.00. The van der Waals surface area contributed by atoms with Gasteiger partial charge < -0.3 is 9.47 Å². The molecule has 1 saturated carbocycles. The predicted molar refractivity (Wildman–Crippen MR) is 70.1 cm³/mol. The summed E-state index contributed by atoms with van der Waals surface area (Å²) in [5.74, 6) is 0.551. The molecule has 3 nitrogen and oxygen atoms in total. The fourth-order valence-electron chi connectivity index (χ4n) is 2.23. The van der Waals surface area contributed by atoms with Crippen LogP contribution >= 0.6 is 11.6 Å². The van der Waals surface area contributed by atoms with Crippen LogP contribution in [0.15, 0.2) is 12.1 Å². The molecular weight excluding hydrogens is 252 g/mol. The number of esters is 1. The van der Waals surface area contributed by atoms with Crippen LogP contribution in [-0.2, 0) is 16.0 Å². The summed E-state index contributed by atoms with van der Waals surface area (Å²) in [5, 5.41) is 0.582. The fraction of sp³-hybridized carbons (Fsp3) is 0.500. The predicted octanol–water partition coefficient (Wildman–Crippen LogP) is 3.15. The monoisotopic (exact) mass is 268 g/mol. The van der Waals surface area contributed by atoms with Gasteiger partial charge in [-0.3, -0.25) is 4.79 Å². The molecule has 1 aliphatic carbocycles. The fourth-order valence-corrected chi connectivity index (χ4v) is 2.49. The van der Waals surface area contributed by atoms with Crippen LogP contribution in [0.3, 0.4) is 0 Å². The molecule has 0 unspecified atom stereocenters. The summed E-state index contributed by atoms with van der Waals surface area (Å²) in [7, 11) is 3.04. The van der Waals surface area contributed by atoms with Crippen LogP contribution < -0.4 is 4.74 Å². The second kappa shape index (κ2) is 4.81. The smallest absolute Gasteiger partial charge is 0.312 e. The molecule has 0 spiro atoms. The van der Waals surface area contributed by atoms with Crippen LogP contribution in [-0.4, -0.2) is 20.2 Å². The molecule has 1 aromatic carbocycles. The topological polar surface area (TPSA) is 35.5 Å². The molecule has 2 rings (SSSR count). The number of halogens is 1. The van der Waals surface area contributed by atoms with Crippen molar-refractivity contribution in [2.24, 2.45) is 5.41 Å². The average Bonchev–Trinajstić information content (AvgIpc) is 3.13. The van der Waals surface area contributed by atoms with Gasteiger partial charge in [0.15, 0.2) is 0 Å². The highest BCUT2D eigenvalue weighted by molar-refractivity contribution is 6.32. The van der Waals surface area contributed by atoms with Crippen LogP contribution in [0.1, 0.15) is 24.0 Å². The summed E-state index contributed by atoms with van der Waals surface area (Å²) in [6, 6.07) is 3.80. The van der Waals surface area contributed by atoms with E-state index in [1.165, 1.54) is 7.11 Å². The molecule has 0 heterocycles. The van der Waals surface area contributed by atoms with Crippen molar-refractivity contribution in [1.82, 2.24) is 0 Å². The summed E-state index contributed by atoms with van der Waals surface area (Å²) in [6.07, 6.45) is 2.47. The van der Waals surface area contributed by atoms with Crippen molar-refractivity contribution in [3.63, 3.8) is 0 Å². The number of hydrogen-bond acceptors (Lipinski definition) is 3. The van der Waals surface area contributed by atoms with Crippen LogP contribution in [0.25, 0.3) is 0 Å².